The molecule has 1 N–H and O–H groups in total. The molecule has 2 aliphatic rings. The van der Waals surface area contributed by atoms with Gasteiger partial charge >= 0.3 is 0 Å². The number of rotatable bonds is 7. The van der Waals surface area contributed by atoms with Gasteiger partial charge in [0.25, 0.3) is 0 Å². The molecule has 8 heteroatoms. The average Bonchev–Trinajstić information content (AvgIpc) is 2.72. The quantitative estimate of drug-likeness (QED) is 0.707. The maximum absolute atomic E-state index is 12.1. The van der Waals surface area contributed by atoms with Crippen LogP contribution in [-0.2, 0) is 19.6 Å². The van der Waals surface area contributed by atoms with Gasteiger partial charge in [-0.15, -0.1) is 0 Å². The number of carbonyl (C=O) groups is 1. The Labute approximate surface area is 180 Å². The summed E-state index contributed by atoms with van der Waals surface area (Å²) in [5.74, 6) is 1.36. The van der Waals surface area contributed by atoms with Crippen molar-refractivity contribution >= 4 is 15.9 Å². The molecule has 1 aliphatic heterocycles. The van der Waals surface area contributed by atoms with E-state index < -0.39 is 10.0 Å². The van der Waals surface area contributed by atoms with Gasteiger partial charge in [-0.2, -0.15) is 0 Å². The van der Waals surface area contributed by atoms with Crippen molar-refractivity contribution in [2.75, 3.05) is 26.5 Å². The molecule has 2 atom stereocenters. The Kier molecular flexibility index (Phi) is 7.76. The molecule has 30 heavy (non-hydrogen) atoms. The van der Waals surface area contributed by atoms with Crippen molar-refractivity contribution in [2.45, 2.75) is 69.6 Å². The standard InChI is InChI=1S/C22H34N2O5S/c1-16(25)24-14-6-8-20(23-30(3,26)27)21(24)15-29-18-12-10-17(11-13-18)19-7-4-5-9-22(19)28-2/h4-5,7,9,17-18,20-21,23H,6,8,10-15H2,1-3H3/t17?,18?,20-,21-/m0/s1. The lowest BCUT2D eigenvalue weighted by molar-refractivity contribution is -0.136. The van der Waals surface area contributed by atoms with Gasteiger partial charge < -0.3 is 14.4 Å². The summed E-state index contributed by atoms with van der Waals surface area (Å²) in [6.07, 6.45) is 6.73. The highest BCUT2D eigenvalue weighted by Gasteiger charge is 2.35. The largest absolute Gasteiger partial charge is 0.496 e. The summed E-state index contributed by atoms with van der Waals surface area (Å²) in [7, 11) is -1.64. The molecule has 1 saturated carbocycles. The van der Waals surface area contributed by atoms with Crippen molar-refractivity contribution in [2.24, 2.45) is 0 Å². The molecular weight excluding hydrogens is 404 g/mol. The second-order valence-corrected chi connectivity index (χ2v) is 10.2. The lowest BCUT2D eigenvalue weighted by atomic mass is 9.82. The summed E-state index contributed by atoms with van der Waals surface area (Å²) in [6, 6.07) is 7.61. The van der Waals surface area contributed by atoms with Crippen molar-refractivity contribution in [1.29, 1.82) is 0 Å². The van der Waals surface area contributed by atoms with Gasteiger partial charge in [0, 0.05) is 19.5 Å². The Balaban J connectivity index is 1.58. The maximum atomic E-state index is 12.1. The fourth-order valence-electron chi connectivity index (χ4n) is 4.85. The number of carbonyl (C=O) groups excluding carboxylic acids is 1. The predicted molar refractivity (Wildman–Crippen MR) is 116 cm³/mol. The van der Waals surface area contributed by atoms with Crippen LogP contribution in [0.3, 0.4) is 0 Å². The second-order valence-electron chi connectivity index (χ2n) is 8.47. The third kappa shape index (κ3) is 5.95. The minimum Gasteiger partial charge on any atom is -0.496 e. The second kappa shape index (κ2) is 10.1. The van der Waals surface area contributed by atoms with E-state index in [0.717, 1.165) is 44.1 Å². The van der Waals surface area contributed by atoms with Crippen LogP contribution in [0.4, 0.5) is 0 Å². The summed E-state index contributed by atoms with van der Waals surface area (Å²) in [5.41, 5.74) is 1.26. The van der Waals surface area contributed by atoms with E-state index in [-0.39, 0.29) is 24.1 Å². The molecule has 0 aromatic heterocycles. The van der Waals surface area contributed by atoms with Gasteiger partial charge in [-0.25, -0.2) is 13.1 Å². The number of likely N-dealkylation sites (tertiary alicyclic amines) is 1. The number of ether oxygens (including phenoxy) is 2. The molecule has 3 rings (SSSR count). The molecule has 0 spiro atoms. The first kappa shape index (κ1) is 23.0. The molecule has 7 nitrogen and oxygen atoms in total. The topological polar surface area (TPSA) is 84.9 Å². The van der Waals surface area contributed by atoms with Crippen molar-refractivity contribution in [3.05, 3.63) is 29.8 Å². The first-order chi connectivity index (χ1) is 14.3. The first-order valence-corrected chi connectivity index (χ1v) is 12.7. The Morgan fingerprint density at radius 1 is 1.17 bits per heavy atom. The number of hydrogen-bond donors (Lipinski definition) is 1. The van der Waals surface area contributed by atoms with Crippen LogP contribution < -0.4 is 9.46 Å². The molecule has 1 aromatic carbocycles. The fraction of sp³-hybridized carbons (Fsp3) is 0.682. The van der Waals surface area contributed by atoms with Gasteiger partial charge in [-0.3, -0.25) is 4.79 Å². The predicted octanol–water partition coefficient (Wildman–Crippen LogP) is 2.67. The lowest BCUT2D eigenvalue weighted by Gasteiger charge is -2.41. The molecule has 2 fully saturated rings. The summed E-state index contributed by atoms with van der Waals surface area (Å²) < 4.78 is 38.0. The third-order valence-electron chi connectivity index (χ3n) is 6.30. The minimum absolute atomic E-state index is 0.0384. The molecule has 0 bridgehead atoms. The molecule has 1 aromatic rings. The van der Waals surface area contributed by atoms with Gasteiger partial charge in [-0.1, -0.05) is 18.2 Å². The number of benzene rings is 1. The summed E-state index contributed by atoms with van der Waals surface area (Å²) in [5, 5.41) is 0. The Hall–Kier alpha value is -1.64. The van der Waals surface area contributed by atoms with Gasteiger partial charge in [0.05, 0.1) is 32.1 Å². The number of amides is 1. The van der Waals surface area contributed by atoms with Crippen molar-refractivity contribution in [3.63, 3.8) is 0 Å². The smallest absolute Gasteiger partial charge is 0.219 e. The van der Waals surface area contributed by atoms with Crippen LogP contribution in [0.2, 0.25) is 0 Å². The van der Waals surface area contributed by atoms with E-state index in [1.54, 1.807) is 12.0 Å². The van der Waals surface area contributed by atoms with E-state index in [4.69, 9.17) is 9.47 Å². The zero-order chi connectivity index (χ0) is 21.7. The van der Waals surface area contributed by atoms with E-state index in [9.17, 15) is 13.2 Å². The zero-order valence-electron chi connectivity index (χ0n) is 18.2. The fourth-order valence-corrected chi connectivity index (χ4v) is 5.67. The van der Waals surface area contributed by atoms with E-state index >= 15 is 0 Å². The molecule has 0 radical (unpaired) electrons. The van der Waals surface area contributed by atoms with Gasteiger partial charge in [0.2, 0.25) is 15.9 Å². The lowest BCUT2D eigenvalue weighted by Crippen LogP contribution is -2.58. The normalized spacial score (nSPS) is 27.6. The third-order valence-corrected chi connectivity index (χ3v) is 7.04. The number of hydrogen-bond acceptors (Lipinski definition) is 5. The zero-order valence-corrected chi connectivity index (χ0v) is 19.0. The average molecular weight is 439 g/mol. The molecule has 1 heterocycles. The first-order valence-electron chi connectivity index (χ1n) is 10.8. The number of nitrogens with one attached hydrogen (secondary N) is 1. The van der Waals surface area contributed by atoms with Crippen LogP contribution >= 0.6 is 0 Å². The molecule has 1 saturated heterocycles. The van der Waals surface area contributed by atoms with Gasteiger partial charge in [0.1, 0.15) is 5.75 Å². The van der Waals surface area contributed by atoms with E-state index in [2.05, 4.69) is 16.9 Å². The highest BCUT2D eigenvalue weighted by molar-refractivity contribution is 7.88. The molecule has 168 valence electrons. The number of piperidine rings is 1. The molecule has 1 amide bonds. The van der Waals surface area contributed by atoms with Gasteiger partial charge in [0.15, 0.2) is 0 Å². The van der Waals surface area contributed by atoms with Crippen LogP contribution in [0.5, 0.6) is 5.75 Å². The SMILES string of the molecule is COc1ccccc1C1CCC(OC[C@H]2[C@@H](NS(C)(=O)=O)CCCN2C(C)=O)CC1. The number of nitrogens with zero attached hydrogens (tertiary/aromatic N) is 1. The monoisotopic (exact) mass is 438 g/mol. The summed E-state index contributed by atoms with van der Waals surface area (Å²) >= 11 is 0. The van der Waals surface area contributed by atoms with Crippen LogP contribution in [0.1, 0.15) is 56.9 Å². The Morgan fingerprint density at radius 3 is 2.50 bits per heavy atom. The Morgan fingerprint density at radius 2 is 1.87 bits per heavy atom. The van der Waals surface area contributed by atoms with Gasteiger partial charge in [-0.05, 0) is 56.1 Å². The van der Waals surface area contributed by atoms with E-state index in [1.807, 2.05) is 12.1 Å². The highest BCUT2D eigenvalue weighted by Crippen LogP contribution is 2.38. The van der Waals surface area contributed by atoms with Crippen molar-refractivity contribution in [3.8, 4) is 5.75 Å². The van der Waals surface area contributed by atoms with Crippen LogP contribution in [0, 0.1) is 0 Å². The maximum Gasteiger partial charge on any atom is 0.219 e. The summed E-state index contributed by atoms with van der Waals surface area (Å²) in [4.78, 5) is 13.9. The Bertz CT molecular complexity index is 821. The van der Waals surface area contributed by atoms with Crippen LogP contribution in [0.15, 0.2) is 24.3 Å². The van der Waals surface area contributed by atoms with Crippen molar-refractivity contribution in [1.82, 2.24) is 9.62 Å². The van der Waals surface area contributed by atoms with E-state index in [0.29, 0.717) is 25.5 Å². The highest BCUT2D eigenvalue weighted by atomic mass is 32.2. The van der Waals surface area contributed by atoms with E-state index in [1.165, 1.54) is 12.5 Å². The number of methoxy groups -OCH3 is 1. The summed E-state index contributed by atoms with van der Waals surface area (Å²) in [6.45, 7) is 2.54. The molecular formula is C22H34N2O5S. The number of sulfonamides is 1. The molecule has 0 unspecified atom stereocenters. The molecule has 1 aliphatic carbocycles. The minimum atomic E-state index is -3.35. The van der Waals surface area contributed by atoms with Crippen LogP contribution in [-0.4, -0.2) is 63.9 Å². The van der Waals surface area contributed by atoms with Crippen molar-refractivity contribution < 1.29 is 22.7 Å². The number of para-hydroxylation sites is 1. The van der Waals surface area contributed by atoms with Crippen LogP contribution in [0.25, 0.3) is 0 Å².